The summed E-state index contributed by atoms with van der Waals surface area (Å²) < 4.78 is 18.4. The highest BCUT2D eigenvalue weighted by atomic mass is 32.2. The number of thioether (sulfide) groups is 1. The minimum Gasteiger partial charge on any atom is -0.497 e. The van der Waals surface area contributed by atoms with Gasteiger partial charge in [-0.3, -0.25) is 4.57 Å². The lowest BCUT2D eigenvalue weighted by Crippen LogP contribution is -2.33. The first kappa shape index (κ1) is 20.3. The Hall–Kier alpha value is -1.99. The summed E-state index contributed by atoms with van der Waals surface area (Å²) in [5.41, 5.74) is 3.35. The molecule has 0 saturated carbocycles. The summed E-state index contributed by atoms with van der Waals surface area (Å²) >= 11 is 1.63. The molecule has 2 heterocycles. The Morgan fingerprint density at radius 2 is 1.90 bits per heavy atom. The second kappa shape index (κ2) is 9.22. The van der Waals surface area contributed by atoms with Crippen LogP contribution in [0.25, 0.3) is 0 Å². The van der Waals surface area contributed by atoms with Gasteiger partial charge < -0.3 is 14.2 Å². The Kier molecular flexibility index (Phi) is 6.45. The molecule has 1 aromatic heterocycles. The molecule has 2 aliphatic rings. The molecule has 6 nitrogen and oxygen atoms in total. The van der Waals surface area contributed by atoms with Crippen LogP contribution in [0.15, 0.2) is 28.0 Å². The van der Waals surface area contributed by atoms with Gasteiger partial charge in [-0.2, -0.15) is 4.98 Å². The number of fused-ring (bicyclic) bond motifs is 1. The van der Waals surface area contributed by atoms with Crippen LogP contribution in [0.4, 0.5) is 0 Å². The molecule has 2 aromatic rings. The molecular formula is C22H28N2O4S. The number of nitrogens with zero attached hydrogens (tertiary/aromatic N) is 2. The molecule has 1 unspecified atom stereocenters. The topological polar surface area (TPSA) is 62.6 Å². The van der Waals surface area contributed by atoms with Crippen LogP contribution >= 0.6 is 11.8 Å². The predicted molar refractivity (Wildman–Crippen MR) is 113 cm³/mol. The third-order valence-corrected chi connectivity index (χ3v) is 6.74. The lowest BCUT2D eigenvalue weighted by Gasteiger charge is -2.24. The van der Waals surface area contributed by atoms with E-state index < -0.39 is 0 Å². The van der Waals surface area contributed by atoms with Crippen LogP contribution in [0.5, 0.6) is 11.5 Å². The van der Waals surface area contributed by atoms with Gasteiger partial charge in [0.15, 0.2) is 0 Å². The van der Waals surface area contributed by atoms with Gasteiger partial charge >= 0.3 is 5.69 Å². The second-order valence-electron chi connectivity index (χ2n) is 7.59. The minimum absolute atomic E-state index is 0.142. The van der Waals surface area contributed by atoms with Crippen molar-refractivity contribution >= 4 is 11.8 Å². The van der Waals surface area contributed by atoms with Crippen molar-refractivity contribution < 1.29 is 14.2 Å². The summed E-state index contributed by atoms with van der Waals surface area (Å²) in [6, 6.07) is 5.86. The zero-order valence-corrected chi connectivity index (χ0v) is 17.9. The maximum atomic E-state index is 12.9. The third kappa shape index (κ3) is 4.61. The molecule has 0 bridgehead atoms. The van der Waals surface area contributed by atoms with E-state index in [2.05, 4.69) is 4.98 Å². The molecule has 1 aromatic carbocycles. The summed E-state index contributed by atoms with van der Waals surface area (Å²) in [5, 5.41) is 0.870. The van der Waals surface area contributed by atoms with Gasteiger partial charge in [0, 0.05) is 29.7 Å². The van der Waals surface area contributed by atoms with Crippen molar-refractivity contribution in [2.45, 2.75) is 62.0 Å². The number of hydrogen-bond acceptors (Lipinski definition) is 6. The van der Waals surface area contributed by atoms with Crippen molar-refractivity contribution in [2.75, 3.05) is 20.8 Å². The number of benzene rings is 1. The molecule has 0 amide bonds. The molecule has 7 heteroatoms. The van der Waals surface area contributed by atoms with Gasteiger partial charge in [0.05, 0.1) is 26.9 Å². The van der Waals surface area contributed by atoms with E-state index in [9.17, 15) is 4.79 Å². The number of aromatic nitrogens is 2. The normalized spacial score (nSPS) is 18.5. The van der Waals surface area contributed by atoms with E-state index in [0.717, 1.165) is 72.9 Å². The van der Waals surface area contributed by atoms with Crippen LogP contribution in [0.3, 0.4) is 0 Å². The second-order valence-corrected chi connectivity index (χ2v) is 8.55. The van der Waals surface area contributed by atoms with Crippen molar-refractivity contribution in [2.24, 2.45) is 0 Å². The number of hydrogen-bond donors (Lipinski definition) is 0. The van der Waals surface area contributed by atoms with Crippen LogP contribution in [0.2, 0.25) is 0 Å². The maximum Gasteiger partial charge on any atom is 0.348 e. The van der Waals surface area contributed by atoms with E-state index in [1.54, 1.807) is 26.0 Å². The van der Waals surface area contributed by atoms with E-state index in [-0.39, 0.29) is 11.8 Å². The van der Waals surface area contributed by atoms with E-state index >= 15 is 0 Å². The average Bonchev–Trinajstić information content (AvgIpc) is 3.27. The van der Waals surface area contributed by atoms with Crippen LogP contribution < -0.4 is 15.2 Å². The fourth-order valence-electron chi connectivity index (χ4n) is 4.15. The molecular weight excluding hydrogens is 388 g/mol. The zero-order chi connectivity index (χ0) is 20.2. The van der Waals surface area contributed by atoms with E-state index in [1.165, 1.54) is 5.56 Å². The fraction of sp³-hybridized carbons (Fsp3) is 0.545. The summed E-state index contributed by atoms with van der Waals surface area (Å²) in [5.74, 6) is 2.24. The molecule has 1 aliphatic carbocycles. The first-order valence-electron chi connectivity index (χ1n) is 10.3. The Labute approximate surface area is 175 Å². The van der Waals surface area contributed by atoms with Crippen molar-refractivity contribution in [3.63, 3.8) is 0 Å². The maximum absolute atomic E-state index is 12.9. The average molecular weight is 417 g/mol. The van der Waals surface area contributed by atoms with Crippen LogP contribution in [0.1, 0.15) is 42.5 Å². The molecule has 1 atom stereocenters. The van der Waals surface area contributed by atoms with Crippen molar-refractivity contribution in [3.8, 4) is 11.5 Å². The highest BCUT2D eigenvalue weighted by Crippen LogP contribution is 2.32. The summed E-state index contributed by atoms with van der Waals surface area (Å²) in [7, 11) is 3.30. The van der Waals surface area contributed by atoms with Crippen LogP contribution in [-0.4, -0.2) is 36.5 Å². The summed E-state index contributed by atoms with van der Waals surface area (Å²) in [4.78, 5) is 17.3. The number of rotatable bonds is 7. The summed E-state index contributed by atoms with van der Waals surface area (Å²) in [6.07, 6.45) is 6.44. The Balaban J connectivity index is 1.59. The Bertz CT molecular complexity index is 900. The Morgan fingerprint density at radius 3 is 2.59 bits per heavy atom. The predicted octanol–water partition coefficient (Wildman–Crippen LogP) is 3.61. The summed E-state index contributed by atoms with van der Waals surface area (Å²) in [6.45, 7) is 1.43. The van der Waals surface area contributed by atoms with E-state index in [1.807, 2.05) is 22.8 Å². The lowest BCUT2D eigenvalue weighted by atomic mass is 9.97. The Morgan fingerprint density at radius 1 is 1.14 bits per heavy atom. The first-order valence-corrected chi connectivity index (χ1v) is 11.3. The molecule has 1 saturated heterocycles. The third-order valence-electron chi connectivity index (χ3n) is 5.65. The quantitative estimate of drug-likeness (QED) is 0.508. The van der Waals surface area contributed by atoms with Gasteiger partial charge in [-0.25, -0.2) is 4.79 Å². The first-order chi connectivity index (χ1) is 14.2. The van der Waals surface area contributed by atoms with Crippen LogP contribution in [-0.2, 0) is 29.9 Å². The molecule has 4 rings (SSSR count). The van der Waals surface area contributed by atoms with Crippen LogP contribution in [0, 0.1) is 0 Å². The largest absolute Gasteiger partial charge is 0.497 e. The smallest absolute Gasteiger partial charge is 0.348 e. The molecule has 0 radical (unpaired) electrons. The molecule has 29 heavy (non-hydrogen) atoms. The van der Waals surface area contributed by atoms with Gasteiger partial charge in [0.25, 0.3) is 0 Å². The monoisotopic (exact) mass is 416 g/mol. The molecule has 1 fully saturated rings. The fourth-order valence-corrected chi connectivity index (χ4v) is 5.16. The van der Waals surface area contributed by atoms with Gasteiger partial charge in [-0.15, -0.1) is 11.8 Å². The minimum atomic E-state index is -0.146. The van der Waals surface area contributed by atoms with E-state index in [0.29, 0.717) is 12.3 Å². The van der Waals surface area contributed by atoms with Crippen molar-refractivity contribution in [3.05, 3.63) is 45.5 Å². The standard InChI is InChI=1S/C22H28N2O4S/c1-26-17-10-15(11-18(12-17)27-2)14-29-21-19-7-3-4-8-20(19)24(22(25)23-21)13-16-6-5-9-28-16/h10-12,16H,3-9,13-14H2,1-2H3. The van der Waals surface area contributed by atoms with Crippen molar-refractivity contribution in [1.29, 1.82) is 0 Å². The van der Waals surface area contributed by atoms with Crippen molar-refractivity contribution in [1.82, 2.24) is 9.55 Å². The van der Waals surface area contributed by atoms with E-state index in [4.69, 9.17) is 14.2 Å². The SMILES string of the molecule is COc1cc(CSc2nc(=O)n(CC3CCCO3)c3c2CCCC3)cc(OC)c1. The zero-order valence-electron chi connectivity index (χ0n) is 17.1. The highest BCUT2D eigenvalue weighted by molar-refractivity contribution is 7.98. The molecule has 156 valence electrons. The number of methoxy groups -OCH3 is 2. The molecule has 0 N–H and O–H groups in total. The molecule has 0 spiro atoms. The lowest BCUT2D eigenvalue weighted by molar-refractivity contribution is 0.0947. The van der Waals surface area contributed by atoms with Gasteiger partial charge in [-0.1, -0.05) is 0 Å². The molecule has 1 aliphatic heterocycles. The van der Waals surface area contributed by atoms with Gasteiger partial charge in [0.2, 0.25) is 0 Å². The highest BCUT2D eigenvalue weighted by Gasteiger charge is 2.24. The number of ether oxygens (including phenoxy) is 3. The van der Waals surface area contributed by atoms with Gasteiger partial charge in [-0.05, 0) is 56.2 Å². The van der Waals surface area contributed by atoms with Gasteiger partial charge in [0.1, 0.15) is 16.5 Å².